The second kappa shape index (κ2) is 7.91. The number of carbonyl (C=O) groups excluding carboxylic acids is 1. The van der Waals surface area contributed by atoms with E-state index >= 15 is 0 Å². The molecule has 0 saturated carbocycles. The molecule has 126 valence electrons. The summed E-state index contributed by atoms with van der Waals surface area (Å²) in [6.07, 6.45) is 1.49. The van der Waals surface area contributed by atoms with E-state index in [1.165, 1.54) is 6.21 Å². The molecule has 1 aromatic heterocycles. The molecule has 0 radical (unpaired) electrons. The Hall–Kier alpha value is -3.16. The molecule has 0 unspecified atom stereocenters. The van der Waals surface area contributed by atoms with Gasteiger partial charge in [0, 0.05) is 5.69 Å². The van der Waals surface area contributed by atoms with E-state index in [4.69, 9.17) is 9.84 Å². The van der Waals surface area contributed by atoms with Crippen LogP contribution in [0.2, 0.25) is 0 Å². The number of ether oxygens (including phenoxy) is 1. The minimum absolute atomic E-state index is 0.0962. The maximum Gasteiger partial charge on any atom is 0.341 e. The molecule has 0 aliphatic carbocycles. The molecule has 1 heterocycles. The Morgan fingerprint density at radius 2 is 2.04 bits per heavy atom. The maximum atomic E-state index is 11.8. The molecule has 0 bridgehead atoms. The molecule has 0 fully saturated rings. The summed E-state index contributed by atoms with van der Waals surface area (Å²) in [4.78, 5) is 22.2. The Morgan fingerprint density at radius 1 is 1.33 bits per heavy atom. The topological polar surface area (TPSA) is 106 Å². The predicted molar refractivity (Wildman–Crippen MR) is 87.0 cm³/mol. The van der Waals surface area contributed by atoms with Gasteiger partial charge in [0.2, 0.25) is 0 Å². The van der Waals surface area contributed by atoms with E-state index in [-0.39, 0.29) is 12.5 Å². The average molecular weight is 330 g/mol. The summed E-state index contributed by atoms with van der Waals surface area (Å²) in [7, 11) is 0. The minimum Gasteiger partial charge on any atom is -0.482 e. The lowest BCUT2D eigenvalue weighted by molar-refractivity contribution is -0.139. The SMILES string of the molecule is Cc1cc(C)n(CC(=O)N/N=C\c2ccc(OCC(=O)O)cc2)n1. The molecule has 2 rings (SSSR count). The summed E-state index contributed by atoms with van der Waals surface area (Å²) in [5, 5.41) is 16.6. The van der Waals surface area contributed by atoms with Crippen LogP contribution < -0.4 is 10.2 Å². The monoisotopic (exact) mass is 330 g/mol. The highest BCUT2D eigenvalue weighted by atomic mass is 16.5. The number of carboxylic acid groups (broad SMARTS) is 1. The highest BCUT2D eigenvalue weighted by molar-refractivity contribution is 5.82. The number of aryl methyl sites for hydroxylation is 2. The normalized spacial score (nSPS) is 10.8. The van der Waals surface area contributed by atoms with Gasteiger partial charge in [-0.05, 0) is 49.7 Å². The molecule has 24 heavy (non-hydrogen) atoms. The molecule has 8 nitrogen and oxygen atoms in total. The van der Waals surface area contributed by atoms with Crippen LogP contribution in [0.1, 0.15) is 17.0 Å². The smallest absolute Gasteiger partial charge is 0.341 e. The van der Waals surface area contributed by atoms with Gasteiger partial charge in [-0.2, -0.15) is 10.2 Å². The number of rotatable bonds is 7. The zero-order chi connectivity index (χ0) is 17.5. The van der Waals surface area contributed by atoms with Crippen molar-refractivity contribution in [3.8, 4) is 5.75 Å². The first-order chi connectivity index (χ1) is 11.4. The number of hydrogen-bond acceptors (Lipinski definition) is 5. The molecule has 8 heteroatoms. The number of benzene rings is 1. The first-order valence-corrected chi connectivity index (χ1v) is 7.21. The first-order valence-electron chi connectivity index (χ1n) is 7.21. The van der Waals surface area contributed by atoms with E-state index in [2.05, 4.69) is 15.6 Å². The number of aromatic nitrogens is 2. The van der Waals surface area contributed by atoms with Crippen molar-refractivity contribution in [2.75, 3.05) is 6.61 Å². The number of carbonyl (C=O) groups is 2. The van der Waals surface area contributed by atoms with Gasteiger partial charge in [0.15, 0.2) is 6.61 Å². The standard InChI is InChI=1S/C16H18N4O4/c1-11-7-12(2)20(19-11)9-15(21)18-17-8-13-3-5-14(6-4-13)24-10-16(22)23/h3-8H,9-10H2,1-2H3,(H,18,21)(H,22,23)/b17-8-. The molecular formula is C16H18N4O4. The van der Waals surface area contributed by atoms with Crippen LogP contribution in [-0.4, -0.2) is 39.6 Å². The summed E-state index contributed by atoms with van der Waals surface area (Å²) in [5.41, 5.74) is 4.93. The van der Waals surface area contributed by atoms with E-state index in [1.54, 1.807) is 28.9 Å². The third-order valence-electron chi connectivity index (χ3n) is 3.04. The summed E-state index contributed by atoms with van der Waals surface area (Å²) >= 11 is 0. The van der Waals surface area contributed by atoms with Crippen molar-refractivity contribution in [3.05, 3.63) is 47.3 Å². The van der Waals surface area contributed by atoms with Gasteiger partial charge in [-0.1, -0.05) is 0 Å². The fourth-order valence-electron chi connectivity index (χ4n) is 1.98. The van der Waals surface area contributed by atoms with Gasteiger partial charge in [-0.3, -0.25) is 9.48 Å². The summed E-state index contributed by atoms with van der Waals surface area (Å²) < 4.78 is 6.63. The van der Waals surface area contributed by atoms with E-state index < -0.39 is 12.6 Å². The second-order valence-corrected chi connectivity index (χ2v) is 5.13. The first kappa shape index (κ1) is 17.2. The number of nitrogens with one attached hydrogen (secondary N) is 1. The largest absolute Gasteiger partial charge is 0.482 e. The Balaban J connectivity index is 1.83. The summed E-state index contributed by atoms with van der Waals surface area (Å²) in [6.45, 7) is 3.45. The summed E-state index contributed by atoms with van der Waals surface area (Å²) in [6, 6.07) is 8.55. The Morgan fingerprint density at radius 3 is 2.62 bits per heavy atom. The van der Waals surface area contributed by atoms with Crippen LogP contribution in [0, 0.1) is 13.8 Å². The summed E-state index contributed by atoms with van der Waals surface area (Å²) in [5.74, 6) is -0.868. The number of aliphatic carboxylic acids is 1. The van der Waals surface area contributed by atoms with Crippen molar-refractivity contribution < 1.29 is 19.4 Å². The number of hydrazone groups is 1. The van der Waals surface area contributed by atoms with Gasteiger partial charge >= 0.3 is 5.97 Å². The number of hydrogen-bond donors (Lipinski definition) is 2. The number of amides is 1. The van der Waals surface area contributed by atoms with Crippen LogP contribution in [0.15, 0.2) is 35.4 Å². The molecule has 2 N–H and O–H groups in total. The molecule has 0 aliphatic rings. The second-order valence-electron chi connectivity index (χ2n) is 5.13. The molecule has 0 spiro atoms. The van der Waals surface area contributed by atoms with Crippen LogP contribution in [-0.2, 0) is 16.1 Å². The van der Waals surface area contributed by atoms with Gasteiger partial charge in [0.25, 0.3) is 5.91 Å². The zero-order valence-electron chi connectivity index (χ0n) is 13.4. The molecule has 1 amide bonds. The van der Waals surface area contributed by atoms with E-state index in [9.17, 15) is 9.59 Å². The molecule has 0 aliphatic heterocycles. The van der Waals surface area contributed by atoms with Crippen LogP contribution in [0.3, 0.4) is 0 Å². The molecular weight excluding hydrogens is 312 g/mol. The third-order valence-corrected chi connectivity index (χ3v) is 3.04. The molecule has 2 aromatic rings. The fraction of sp³-hybridized carbons (Fsp3) is 0.250. The molecule has 0 atom stereocenters. The zero-order valence-corrected chi connectivity index (χ0v) is 13.4. The van der Waals surface area contributed by atoms with Crippen LogP contribution in [0.4, 0.5) is 0 Å². The lowest BCUT2D eigenvalue weighted by Crippen LogP contribution is -2.24. The Kier molecular flexibility index (Phi) is 5.67. The van der Waals surface area contributed by atoms with Gasteiger partial charge in [0.1, 0.15) is 12.3 Å². The van der Waals surface area contributed by atoms with Crippen LogP contribution in [0.25, 0.3) is 0 Å². The third kappa shape index (κ3) is 5.24. The molecule has 0 saturated heterocycles. The van der Waals surface area contributed by atoms with Crippen molar-refractivity contribution in [1.29, 1.82) is 0 Å². The van der Waals surface area contributed by atoms with Crippen molar-refractivity contribution in [2.45, 2.75) is 20.4 Å². The van der Waals surface area contributed by atoms with E-state index in [0.717, 1.165) is 17.0 Å². The Bertz CT molecular complexity index is 750. The minimum atomic E-state index is -1.04. The van der Waals surface area contributed by atoms with Gasteiger partial charge < -0.3 is 9.84 Å². The van der Waals surface area contributed by atoms with E-state index in [1.807, 2.05) is 19.9 Å². The number of carboxylic acids is 1. The average Bonchev–Trinajstić information content (AvgIpc) is 2.84. The quantitative estimate of drug-likeness (QED) is 0.584. The van der Waals surface area contributed by atoms with Crippen molar-refractivity contribution >= 4 is 18.1 Å². The lowest BCUT2D eigenvalue weighted by atomic mass is 10.2. The highest BCUT2D eigenvalue weighted by Crippen LogP contribution is 2.10. The number of nitrogens with zero attached hydrogens (tertiary/aromatic N) is 3. The highest BCUT2D eigenvalue weighted by Gasteiger charge is 2.05. The van der Waals surface area contributed by atoms with Gasteiger partial charge in [0.05, 0.1) is 11.9 Å². The lowest BCUT2D eigenvalue weighted by Gasteiger charge is -2.03. The van der Waals surface area contributed by atoms with Crippen molar-refractivity contribution in [2.24, 2.45) is 5.10 Å². The maximum absolute atomic E-state index is 11.8. The predicted octanol–water partition coefficient (Wildman–Crippen LogP) is 1.11. The van der Waals surface area contributed by atoms with E-state index in [0.29, 0.717) is 5.75 Å². The van der Waals surface area contributed by atoms with Crippen LogP contribution >= 0.6 is 0 Å². The van der Waals surface area contributed by atoms with Crippen molar-refractivity contribution in [3.63, 3.8) is 0 Å². The Labute approximate surface area is 138 Å². The molecule has 1 aromatic carbocycles. The van der Waals surface area contributed by atoms with Crippen molar-refractivity contribution in [1.82, 2.24) is 15.2 Å². The van der Waals surface area contributed by atoms with Gasteiger partial charge in [-0.25, -0.2) is 10.2 Å². The van der Waals surface area contributed by atoms with Gasteiger partial charge in [-0.15, -0.1) is 0 Å². The fourth-order valence-corrected chi connectivity index (χ4v) is 1.98. The van der Waals surface area contributed by atoms with Crippen LogP contribution in [0.5, 0.6) is 5.75 Å².